The van der Waals surface area contributed by atoms with Gasteiger partial charge in [-0.25, -0.2) is 9.97 Å². The summed E-state index contributed by atoms with van der Waals surface area (Å²) in [5.74, 6) is -0.768. The minimum absolute atomic E-state index is 0. The molecule has 8 N–H and O–H groups in total. The minimum Gasteiger partial charge on any atom is -1.00 e. The third-order valence-corrected chi connectivity index (χ3v) is 6.60. The van der Waals surface area contributed by atoms with Crippen molar-refractivity contribution in [1.82, 2.24) is 20.6 Å². The fourth-order valence-corrected chi connectivity index (χ4v) is 4.83. The molecule has 1 aromatic carbocycles. The molecule has 4 heterocycles. The lowest BCUT2D eigenvalue weighted by Crippen LogP contribution is -3.00. The highest BCUT2D eigenvalue weighted by Gasteiger charge is 2.47. The molecule has 1 atom stereocenters. The van der Waals surface area contributed by atoms with Crippen LogP contribution in [0, 0.1) is 11.3 Å². The lowest BCUT2D eigenvalue weighted by atomic mass is 9.81. The Balaban J connectivity index is 0.00000324. The molecule has 34 heavy (non-hydrogen) atoms. The summed E-state index contributed by atoms with van der Waals surface area (Å²) in [7, 11) is 0. The molecule has 1 aromatic heterocycles. The quantitative estimate of drug-likeness (QED) is 0.151. The molecule has 0 spiro atoms. The van der Waals surface area contributed by atoms with E-state index in [0.29, 0.717) is 23.5 Å². The standard InChI is InChI=1S/C21H26ClN9O2.ClH/c22-17-19(24)29-18(23)16(28-17)20(33)30-21(25)27-14-10-31(8-6-12(14)7-9-31)11-15(32)26-13-4-2-1-3-5-13;/h1-5,12,14H,6-11H2,(H7-,23,24,25,26,27,29,30,32,33);1H. The van der Waals surface area contributed by atoms with E-state index in [0.717, 1.165) is 31.6 Å². The molecule has 3 fully saturated rings. The summed E-state index contributed by atoms with van der Waals surface area (Å²) in [6, 6.07) is 9.35. The summed E-state index contributed by atoms with van der Waals surface area (Å²) in [4.78, 5) is 32.8. The van der Waals surface area contributed by atoms with Crippen molar-refractivity contribution in [3.8, 4) is 0 Å². The van der Waals surface area contributed by atoms with Crippen molar-refractivity contribution < 1.29 is 26.5 Å². The molecular weight excluding hydrogens is 481 g/mol. The van der Waals surface area contributed by atoms with Crippen LogP contribution >= 0.6 is 11.6 Å². The van der Waals surface area contributed by atoms with E-state index in [4.69, 9.17) is 28.5 Å². The van der Waals surface area contributed by atoms with Crippen molar-refractivity contribution in [2.24, 2.45) is 5.92 Å². The van der Waals surface area contributed by atoms with Crippen LogP contribution in [0.2, 0.25) is 5.15 Å². The van der Waals surface area contributed by atoms with Gasteiger partial charge in [-0.15, -0.1) is 0 Å². The molecule has 182 valence electrons. The number of carbonyl (C=O) groups is 2. The summed E-state index contributed by atoms with van der Waals surface area (Å²) in [5, 5.41) is 16.6. The summed E-state index contributed by atoms with van der Waals surface area (Å²) < 4.78 is 0.653. The number of nitrogens with two attached hydrogens (primary N) is 2. The first-order valence-corrected chi connectivity index (χ1v) is 11.1. The first kappa shape index (κ1) is 25.5. The number of benzene rings is 1. The average molecular weight is 508 g/mol. The molecular formula is C21H27Cl2N9O2. The fourth-order valence-electron chi connectivity index (χ4n) is 4.70. The molecule has 5 rings (SSSR count). The number of hydrogen-bond donors (Lipinski definition) is 6. The first-order valence-electron chi connectivity index (χ1n) is 10.7. The molecule has 2 aromatic rings. The smallest absolute Gasteiger partial charge is 0.280 e. The Bertz CT molecular complexity index is 1080. The van der Waals surface area contributed by atoms with E-state index < -0.39 is 5.91 Å². The topological polar surface area (TPSA) is 172 Å². The number of para-hydroxylation sites is 1. The zero-order chi connectivity index (χ0) is 23.6. The van der Waals surface area contributed by atoms with E-state index in [-0.39, 0.29) is 52.8 Å². The minimum atomic E-state index is -0.702. The van der Waals surface area contributed by atoms with Gasteiger partial charge < -0.3 is 39.0 Å². The Morgan fingerprint density at radius 1 is 1.12 bits per heavy atom. The SMILES string of the molecule is N=C(NC(=O)c1nc(Cl)c(N)nc1N)NC1C[N+]2(CC(=O)Nc3ccccc3)CCC1CC2.[Cl-]. The van der Waals surface area contributed by atoms with Crippen LogP contribution in [0.15, 0.2) is 30.3 Å². The van der Waals surface area contributed by atoms with E-state index in [9.17, 15) is 9.59 Å². The Hall–Kier alpha value is -3.15. The lowest BCUT2D eigenvalue weighted by Gasteiger charge is -2.52. The monoisotopic (exact) mass is 507 g/mol. The third-order valence-electron chi connectivity index (χ3n) is 6.33. The number of hydrogen-bond acceptors (Lipinski definition) is 7. The predicted octanol–water partition coefficient (Wildman–Crippen LogP) is -2.20. The normalized spacial score (nSPS) is 22.9. The van der Waals surface area contributed by atoms with Crippen LogP contribution in [0.5, 0.6) is 0 Å². The van der Waals surface area contributed by atoms with Crippen molar-refractivity contribution in [3.63, 3.8) is 0 Å². The molecule has 0 saturated carbocycles. The van der Waals surface area contributed by atoms with Crippen molar-refractivity contribution in [1.29, 1.82) is 5.41 Å². The van der Waals surface area contributed by atoms with Crippen LogP contribution in [0.1, 0.15) is 23.3 Å². The Morgan fingerprint density at radius 3 is 2.47 bits per heavy atom. The zero-order valence-corrected chi connectivity index (χ0v) is 19.9. The van der Waals surface area contributed by atoms with E-state index >= 15 is 0 Å². The van der Waals surface area contributed by atoms with Gasteiger partial charge in [0.05, 0.1) is 25.7 Å². The van der Waals surface area contributed by atoms with E-state index in [1.165, 1.54) is 0 Å². The first-order chi connectivity index (χ1) is 15.7. The molecule has 3 aliphatic heterocycles. The molecule has 13 heteroatoms. The summed E-state index contributed by atoms with van der Waals surface area (Å²) in [5.41, 5.74) is 11.8. The van der Waals surface area contributed by atoms with Gasteiger partial charge in [0.1, 0.15) is 0 Å². The number of guanidine groups is 1. The van der Waals surface area contributed by atoms with Crippen molar-refractivity contribution in [2.75, 3.05) is 43.0 Å². The molecule has 1 unspecified atom stereocenters. The summed E-state index contributed by atoms with van der Waals surface area (Å²) >= 11 is 5.83. The predicted molar refractivity (Wildman–Crippen MR) is 126 cm³/mol. The van der Waals surface area contributed by atoms with Crippen LogP contribution in [-0.4, -0.2) is 64.4 Å². The van der Waals surface area contributed by atoms with E-state index in [1.54, 1.807) is 0 Å². The van der Waals surface area contributed by atoms with Crippen molar-refractivity contribution >= 4 is 46.7 Å². The van der Waals surface area contributed by atoms with Crippen LogP contribution < -0.4 is 39.8 Å². The van der Waals surface area contributed by atoms with Crippen LogP contribution in [0.4, 0.5) is 17.3 Å². The maximum Gasteiger partial charge on any atom is 0.280 e. The van der Waals surface area contributed by atoms with Gasteiger partial charge in [0, 0.05) is 18.5 Å². The highest BCUT2D eigenvalue weighted by atomic mass is 35.5. The number of carbonyl (C=O) groups excluding carboxylic acids is 2. The Morgan fingerprint density at radius 2 is 1.79 bits per heavy atom. The highest BCUT2D eigenvalue weighted by Crippen LogP contribution is 2.34. The largest absolute Gasteiger partial charge is 1.00 e. The lowest BCUT2D eigenvalue weighted by molar-refractivity contribution is -0.936. The molecule has 0 aliphatic carbocycles. The van der Waals surface area contributed by atoms with Crippen LogP contribution in [-0.2, 0) is 4.79 Å². The van der Waals surface area contributed by atoms with E-state index in [1.807, 2.05) is 30.3 Å². The fraction of sp³-hybridized carbons (Fsp3) is 0.381. The van der Waals surface area contributed by atoms with Gasteiger partial charge in [0.15, 0.2) is 35.0 Å². The molecule has 3 aliphatic rings. The Labute approximate surface area is 208 Å². The van der Waals surface area contributed by atoms with Gasteiger partial charge in [0.25, 0.3) is 11.8 Å². The highest BCUT2D eigenvalue weighted by molar-refractivity contribution is 6.31. The van der Waals surface area contributed by atoms with Crippen molar-refractivity contribution in [3.05, 3.63) is 41.2 Å². The average Bonchev–Trinajstić information content (AvgIpc) is 2.77. The number of anilines is 3. The number of fused-ring (bicyclic) bond motifs is 3. The molecule has 2 bridgehead atoms. The zero-order valence-electron chi connectivity index (χ0n) is 18.4. The molecule has 3 saturated heterocycles. The molecule has 0 radical (unpaired) electrons. The maximum absolute atomic E-state index is 12.7. The van der Waals surface area contributed by atoms with Gasteiger partial charge in [-0.2, -0.15) is 0 Å². The van der Waals surface area contributed by atoms with E-state index in [2.05, 4.69) is 25.9 Å². The number of nitrogen functional groups attached to an aromatic ring is 2. The van der Waals surface area contributed by atoms with Gasteiger partial charge in [-0.05, 0) is 18.1 Å². The number of nitrogens with zero attached hydrogens (tertiary/aromatic N) is 3. The molecule has 11 nitrogen and oxygen atoms in total. The molecule has 2 amide bonds. The second kappa shape index (κ2) is 10.4. The number of aromatic nitrogens is 2. The van der Waals surface area contributed by atoms with Gasteiger partial charge >= 0.3 is 0 Å². The van der Waals surface area contributed by atoms with Gasteiger partial charge in [-0.1, -0.05) is 29.8 Å². The Kier molecular flexibility index (Phi) is 7.80. The van der Waals surface area contributed by atoms with Crippen molar-refractivity contribution in [2.45, 2.75) is 18.9 Å². The van der Waals surface area contributed by atoms with Gasteiger partial charge in [0.2, 0.25) is 0 Å². The number of amides is 2. The van der Waals surface area contributed by atoms with Crippen LogP contribution in [0.3, 0.4) is 0 Å². The van der Waals surface area contributed by atoms with Gasteiger partial charge in [-0.3, -0.25) is 20.3 Å². The summed E-state index contributed by atoms with van der Waals surface area (Å²) in [6.45, 7) is 2.90. The third kappa shape index (κ3) is 5.66. The number of nitrogens with one attached hydrogen (secondary N) is 4. The number of halogens is 2. The van der Waals surface area contributed by atoms with Crippen LogP contribution in [0.25, 0.3) is 0 Å². The maximum atomic E-state index is 12.7. The second-order valence-electron chi connectivity index (χ2n) is 8.59. The number of quaternary nitrogens is 1. The number of piperidine rings is 3. The number of rotatable bonds is 5. The summed E-state index contributed by atoms with van der Waals surface area (Å²) in [6.07, 6.45) is 1.90. The second-order valence-corrected chi connectivity index (χ2v) is 8.95.